The molecule has 0 bridgehead atoms. The van der Waals surface area contributed by atoms with Crippen LogP contribution in [-0.4, -0.2) is 17.9 Å². The zero-order valence-corrected chi connectivity index (χ0v) is 12.7. The van der Waals surface area contributed by atoms with Crippen molar-refractivity contribution >= 4 is 11.7 Å². The van der Waals surface area contributed by atoms with Crippen molar-refractivity contribution in [2.24, 2.45) is 0 Å². The Balaban J connectivity index is 2.08. The van der Waals surface area contributed by atoms with Gasteiger partial charge in [0.15, 0.2) is 0 Å². The third-order valence-corrected chi connectivity index (χ3v) is 3.12. The Hall–Kier alpha value is -2.30. The van der Waals surface area contributed by atoms with Crippen molar-refractivity contribution in [1.82, 2.24) is 10.3 Å². The van der Waals surface area contributed by atoms with E-state index in [4.69, 9.17) is 4.42 Å². The topological polar surface area (TPSA) is 67.2 Å². The fourth-order valence-electron chi connectivity index (χ4n) is 2.08. The minimum atomic E-state index is -0.125. The van der Waals surface area contributed by atoms with Gasteiger partial charge in [-0.3, -0.25) is 4.79 Å². The molecule has 112 valence electrons. The molecule has 5 nitrogen and oxygen atoms in total. The Bertz CT molecular complexity index is 620. The van der Waals surface area contributed by atoms with Crippen LogP contribution in [0.25, 0.3) is 0 Å². The molecule has 2 aromatic rings. The number of aromatic nitrogens is 1. The van der Waals surface area contributed by atoms with Crippen molar-refractivity contribution in [3.05, 3.63) is 47.0 Å². The van der Waals surface area contributed by atoms with Crippen LogP contribution in [-0.2, 0) is 13.0 Å². The Morgan fingerprint density at radius 3 is 2.76 bits per heavy atom. The highest BCUT2D eigenvalue weighted by atomic mass is 16.3. The van der Waals surface area contributed by atoms with E-state index in [1.54, 1.807) is 13.1 Å². The van der Waals surface area contributed by atoms with Gasteiger partial charge in [0.2, 0.25) is 0 Å². The molecule has 0 fully saturated rings. The number of amides is 1. The zero-order valence-electron chi connectivity index (χ0n) is 12.7. The quantitative estimate of drug-likeness (QED) is 0.857. The number of anilines is 1. The summed E-state index contributed by atoms with van der Waals surface area (Å²) in [6.07, 6.45) is 1.85. The number of aryl methyl sites for hydroxylation is 2. The molecule has 0 atom stereocenters. The summed E-state index contributed by atoms with van der Waals surface area (Å²) in [6.45, 7) is 4.35. The van der Waals surface area contributed by atoms with Crippen molar-refractivity contribution in [2.75, 3.05) is 12.4 Å². The lowest BCUT2D eigenvalue weighted by Gasteiger charge is -2.08. The van der Waals surface area contributed by atoms with Crippen LogP contribution in [0.5, 0.6) is 0 Å². The molecule has 2 aromatic heterocycles. The number of nitrogens with zero attached hydrogens (tertiary/aromatic N) is 1. The molecular weight excluding hydrogens is 266 g/mol. The Morgan fingerprint density at radius 1 is 1.33 bits per heavy atom. The zero-order chi connectivity index (χ0) is 15.2. The summed E-state index contributed by atoms with van der Waals surface area (Å²) >= 11 is 0. The minimum absolute atomic E-state index is 0.125. The summed E-state index contributed by atoms with van der Waals surface area (Å²) < 4.78 is 5.44. The van der Waals surface area contributed by atoms with E-state index in [0.717, 1.165) is 30.1 Å². The maximum absolute atomic E-state index is 12.2. The van der Waals surface area contributed by atoms with Crippen LogP contribution >= 0.6 is 0 Å². The number of furan rings is 1. The molecule has 0 aliphatic rings. The maximum Gasteiger partial charge on any atom is 0.251 e. The SMILES string of the molecule is CCCc1cc(C(=O)NCc2ccc(C)o2)cc(NC)n1. The highest BCUT2D eigenvalue weighted by Gasteiger charge is 2.10. The monoisotopic (exact) mass is 287 g/mol. The second-order valence-corrected chi connectivity index (χ2v) is 4.93. The minimum Gasteiger partial charge on any atom is -0.465 e. The molecule has 0 saturated carbocycles. The van der Waals surface area contributed by atoms with E-state index >= 15 is 0 Å². The van der Waals surface area contributed by atoms with E-state index in [2.05, 4.69) is 22.5 Å². The van der Waals surface area contributed by atoms with Gasteiger partial charge in [-0.15, -0.1) is 0 Å². The van der Waals surface area contributed by atoms with Gasteiger partial charge in [-0.05, 0) is 37.6 Å². The first-order valence-corrected chi connectivity index (χ1v) is 7.14. The molecule has 0 aromatic carbocycles. The smallest absolute Gasteiger partial charge is 0.251 e. The average molecular weight is 287 g/mol. The predicted molar refractivity (Wildman–Crippen MR) is 82.4 cm³/mol. The normalized spacial score (nSPS) is 10.4. The van der Waals surface area contributed by atoms with Crippen LogP contribution in [0.4, 0.5) is 5.82 Å². The highest BCUT2D eigenvalue weighted by Crippen LogP contribution is 2.12. The van der Waals surface area contributed by atoms with E-state index in [0.29, 0.717) is 17.9 Å². The summed E-state index contributed by atoms with van der Waals surface area (Å²) in [4.78, 5) is 16.7. The summed E-state index contributed by atoms with van der Waals surface area (Å²) in [5.41, 5.74) is 1.53. The molecule has 2 N–H and O–H groups in total. The molecule has 0 saturated heterocycles. The fraction of sp³-hybridized carbons (Fsp3) is 0.375. The third kappa shape index (κ3) is 4.08. The molecule has 0 aliphatic heterocycles. The largest absolute Gasteiger partial charge is 0.465 e. The number of carbonyl (C=O) groups excluding carboxylic acids is 1. The van der Waals surface area contributed by atoms with E-state index < -0.39 is 0 Å². The number of hydrogen-bond acceptors (Lipinski definition) is 4. The van der Waals surface area contributed by atoms with Gasteiger partial charge >= 0.3 is 0 Å². The van der Waals surface area contributed by atoms with Crippen molar-refractivity contribution in [1.29, 1.82) is 0 Å². The first-order chi connectivity index (χ1) is 10.1. The number of hydrogen-bond donors (Lipinski definition) is 2. The van der Waals surface area contributed by atoms with E-state index in [1.165, 1.54) is 0 Å². The second kappa shape index (κ2) is 6.92. The number of pyridine rings is 1. The molecule has 2 heterocycles. The first kappa shape index (κ1) is 15.1. The van der Waals surface area contributed by atoms with E-state index in [1.807, 2.05) is 25.1 Å². The molecule has 1 amide bonds. The molecule has 0 radical (unpaired) electrons. The molecule has 0 spiro atoms. The van der Waals surface area contributed by atoms with Gasteiger partial charge in [-0.2, -0.15) is 0 Å². The summed E-state index contributed by atoms with van der Waals surface area (Å²) in [5, 5.41) is 5.85. The second-order valence-electron chi connectivity index (χ2n) is 4.93. The number of nitrogens with one attached hydrogen (secondary N) is 2. The van der Waals surface area contributed by atoms with Crippen LogP contribution in [0.1, 0.15) is 40.9 Å². The highest BCUT2D eigenvalue weighted by molar-refractivity contribution is 5.94. The molecular formula is C16H21N3O2. The molecule has 5 heteroatoms. The van der Waals surface area contributed by atoms with Crippen LogP contribution in [0.3, 0.4) is 0 Å². The Labute approximate surface area is 124 Å². The van der Waals surface area contributed by atoms with Gasteiger partial charge < -0.3 is 15.1 Å². The lowest BCUT2D eigenvalue weighted by Crippen LogP contribution is -2.23. The van der Waals surface area contributed by atoms with Gasteiger partial charge in [0, 0.05) is 18.3 Å². The summed E-state index contributed by atoms with van der Waals surface area (Å²) in [5.74, 6) is 2.17. The lowest BCUT2D eigenvalue weighted by molar-refractivity contribution is 0.0947. The fourth-order valence-corrected chi connectivity index (χ4v) is 2.08. The van der Waals surface area contributed by atoms with E-state index in [9.17, 15) is 4.79 Å². The number of rotatable bonds is 6. The third-order valence-electron chi connectivity index (χ3n) is 3.12. The van der Waals surface area contributed by atoms with Gasteiger partial charge in [-0.1, -0.05) is 13.3 Å². The average Bonchev–Trinajstić information content (AvgIpc) is 2.90. The van der Waals surface area contributed by atoms with Crippen molar-refractivity contribution in [3.63, 3.8) is 0 Å². The molecule has 2 rings (SSSR count). The lowest BCUT2D eigenvalue weighted by atomic mass is 10.1. The number of carbonyl (C=O) groups is 1. The Kier molecular flexibility index (Phi) is 4.98. The standard InChI is InChI=1S/C16H21N3O2/c1-4-5-13-8-12(9-15(17-3)19-13)16(20)18-10-14-7-6-11(2)21-14/h6-9H,4-5,10H2,1-3H3,(H,17,19)(H,18,20). The van der Waals surface area contributed by atoms with Gasteiger partial charge in [0.05, 0.1) is 6.54 Å². The van der Waals surface area contributed by atoms with Crippen LogP contribution in [0.15, 0.2) is 28.7 Å². The van der Waals surface area contributed by atoms with E-state index in [-0.39, 0.29) is 5.91 Å². The van der Waals surface area contributed by atoms with Crippen molar-refractivity contribution < 1.29 is 9.21 Å². The maximum atomic E-state index is 12.2. The van der Waals surface area contributed by atoms with Gasteiger partial charge in [0.25, 0.3) is 5.91 Å². The van der Waals surface area contributed by atoms with Crippen molar-refractivity contribution in [3.8, 4) is 0 Å². The predicted octanol–water partition coefficient (Wildman–Crippen LogP) is 2.91. The van der Waals surface area contributed by atoms with Crippen LogP contribution < -0.4 is 10.6 Å². The Morgan fingerprint density at radius 2 is 2.14 bits per heavy atom. The van der Waals surface area contributed by atoms with Gasteiger partial charge in [0.1, 0.15) is 17.3 Å². The van der Waals surface area contributed by atoms with Crippen LogP contribution in [0, 0.1) is 6.92 Å². The van der Waals surface area contributed by atoms with Crippen LogP contribution in [0.2, 0.25) is 0 Å². The molecule has 0 aliphatic carbocycles. The van der Waals surface area contributed by atoms with Gasteiger partial charge in [-0.25, -0.2) is 4.98 Å². The summed E-state index contributed by atoms with van der Waals surface area (Å²) in [6, 6.07) is 7.34. The molecule has 21 heavy (non-hydrogen) atoms. The van der Waals surface area contributed by atoms with Crippen molar-refractivity contribution in [2.45, 2.75) is 33.2 Å². The summed E-state index contributed by atoms with van der Waals surface area (Å²) in [7, 11) is 1.80. The first-order valence-electron chi connectivity index (χ1n) is 7.14. The molecule has 0 unspecified atom stereocenters.